The van der Waals surface area contributed by atoms with Crippen LogP contribution in [0.2, 0.25) is 0 Å². The molecule has 1 aromatic carbocycles. The van der Waals surface area contributed by atoms with E-state index in [1.165, 1.54) is 0 Å². The van der Waals surface area contributed by atoms with Gasteiger partial charge in [-0.15, -0.1) is 0 Å². The molecular formula is C13H17NO3. The molecule has 0 saturated carbocycles. The van der Waals surface area contributed by atoms with Gasteiger partial charge in [-0.3, -0.25) is 4.79 Å². The Labute approximate surface area is 101 Å². The van der Waals surface area contributed by atoms with E-state index < -0.39 is 12.0 Å². The molecule has 0 fully saturated rings. The summed E-state index contributed by atoms with van der Waals surface area (Å²) in [6.07, 6.45) is 0.769. The van der Waals surface area contributed by atoms with Crippen molar-refractivity contribution >= 4 is 11.9 Å². The SMILES string of the molecule is CCCOC(=O)[C@H](C)NC(=O)c1ccccc1. The third-order valence-corrected chi connectivity index (χ3v) is 2.19. The summed E-state index contributed by atoms with van der Waals surface area (Å²) in [6, 6.07) is 8.13. The van der Waals surface area contributed by atoms with Gasteiger partial charge in [-0.05, 0) is 25.5 Å². The van der Waals surface area contributed by atoms with E-state index >= 15 is 0 Å². The molecule has 1 N–H and O–H groups in total. The van der Waals surface area contributed by atoms with Crippen molar-refractivity contribution in [1.82, 2.24) is 5.32 Å². The minimum atomic E-state index is -0.630. The molecule has 0 heterocycles. The van der Waals surface area contributed by atoms with Crippen LogP contribution in [0, 0.1) is 0 Å². The molecule has 0 aliphatic heterocycles. The molecule has 1 amide bonds. The molecular weight excluding hydrogens is 218 g/mol. The molecule has 4 heteroatoms. The third-order valence-electron chi connectivity index (χ3n) is 2.19. The van der Waals surface area contributed by atoms with Crippen molar-refractivity contribution in [2.45, 2.75) is 26.3 Å². The van der Waals surface area contributed by atoms with Gasteiger partial charge in [-0.25, -0.2) is 4.79 Å². The lowest BCUT2D eigenvalue weighted by molar-refractivity contribution is -0.145. The Balaban J connectivity index is 2.49. The first-order valence-corrected chi connectivity index (χ1v) is 5.67. The second-order valence-electron chi connectivity index (χ2n) is 3.73. The zero-order chi connectivity index (χ0) is 12.7. The van der Waals surface area contributed by atoms with Crippen molar-refractivity contribution in [3.63, 3.8) is 0 Å². The first-order valence-electron chi connectivity index (χ1n) is 5.67. The van der Waals surface area contributed by atoms with Crippen LogP contribution in [0.25, 0.3) is 0 Å². The highest BCUT2D eigenvalue weighted by Gasteiger charge is 2.17. The van der Waals surface area contributed by atoms with Gasteiger partial charge in [0.2, 0.25) is 0 Å². The Hall–Kier alpha value is -1.84. The molecule has 4 nitrogen and oxygen atoms in total. The van der Waals surface area contributed by atoms with E-state index in [0.29, 0.717) is 12.2 Å². The van der Waals surface area contributed by atoms with Crippen LogP contribution in [0.5, 0.6) is 0 Å². The number of amides is 1. The fourth-order valence-corrected chi connectivity index (χ4v) is 1.26. The average Bonchev–Trinajstić information content (AvgIpc) is 2.36. The number of benzene rings is 1. The fourth-order valence-electron chi connectivity index (χ4n) is 1.26. The summed E-state index contributed by atoms with van der Waals surface area (Å²) in [4.78, 5) is 23.1. The molecule has 0 aromatic heterocycles. The Morgan fingerprint density at radius 2 is 1.94 bits per heavy atom. The molecule has 92 valence electrons. The number of nitrogens with one attached hydrogen (secondary N) is 1. The second-order valence-corrected chi connectivity index (χ2v) is 3.73. The van der Waals surface area contributed by atoms with Gasteiger partial charge in [0, 0.05) is 5.56 Å². The Bertz CT molecular complexity index is 376. The summed E-state index contributed by atoms with van der Waals surface area (Å²) >= 11 is 0. The van der Waals surface area contributed by atoms with Crippen LogP contribution in [0.15, 0.2) is 30.3 Å². The summed E-state index contributed by atoms with van der Waals surface area (Å²) in [7, 11) is 0. The molecule has 0 unspecified atom stereocenters. The van der Waals surface area contributed by atoms with Gasteiger partial charge < -0.3 is 10.1 Å². The lowest BCUT2D eigenvalue weighted by Gasteiger charge is -2.12. The van der Waals surface area contributed by atoms with E-state index in [1.807, 2.05) is 13.0 Å². The summed E-state index contributed by atoms with van der Waals surface area (Å²) in [6.45, 7) is 3.91. The van der Waals surface area contributed by atoms with E-state index in [9.17, 15) is 9.59 Å². The van der Waals surface area contributed by atoms with E-state index in [1.54, 1.807) is 31.2 Å². The number of carbonyl (C=O) groups excluding carboxylic acids is 2. The van der Waals surface area contributed by atoms with Crippen molar-refractivity contribution in [1.29, 1.82) is 0 Å². The van der Waals surface area contributed by atoms with Gasteiger partial charge in [0.1, 0.15) is 6.04 Å². The van der Waals surface area contributed by atoms with Crippen molar-refractivity contribution in [3.05, 3.63) is 35.9 Å². The van der Waals surface area contributed by atoms with Gasteiger partial charge >= 0.3 is 5.97 Å². The maximum atomic E-state index is 11.7. The average molecular weight is 235 g/mol. The zero-order valence-electron chi connectivity index (χ0n) is 10.1. The summed E-state index contributed by atoms with van der Waals surface area (Å²) in [5.74, 6) is -0.678. The van der Waals surface area contributed by atoms with Gasteiger partial charge in [-0.1, -0.05) is 25.1 Å². The molecule has 17 heavy (non-hydrogen) atoms. The van der Waals surface area contributed by atoms with Crippen molar-refractivity contribution in [2.75, 3.05) is 6.61 Å². The number of hydrogen-bond acceptors (Lipinski definition) is 3. The van der Waals surface area contributed by atoms with E-state index in [4.69, 9.17) is 4.74 Å². The van der Waals surface area contributed by atoms with Crippen LogP contribution in [0.4, 0.5) is 0 Å². The van der Waals surface area contributed by atoms with Crippen LogP contribution in [0.1, 0.15) is 30.6 Å². The highest BCUT2D eigenvalue weighted by molar-refractivity contribution is 5.96. The van der Waals surface area contributed by atoms with Crippen molar-refractivity contribution < 1.29 is 14.3 Å². The predicted octanol–water partition coefficient (Wildman–Crippen LogP) is 1.76. The van der Waals surface area contributed by atoms with E-state index in [0.717, 1.165) is 6.42 Å². The van der Waals surface area contributed by atoms with Crippen LogP contribution >= 0.6 is 0 Å². The highest BCUT2D eigenvalue weighted by Crippen LogP contribution is 1.99. The molecule has 0 aliphatic rings. The van der Waals surface area contributed by atoms with Crippen LogP contribution < -0.4 is 5.32 Å². The number of rotatable bonds is 5. The topological polar surface area (TPSA) is 55.4 Å². The van der Waals surface area contributed by atoms with Crippen molar-refractivity contribution in [3.8, 4) is 0 Å². The van der Waals surface area contributed by atoms with E-state index in [2.05, 4.69) is 5.32 Å². The van der Waals surface area contributed by atoms with Crippen LogP contribution in [-0.2, 0) is 9.53 Å². The fraction of sp³-hybridized carbons (Fsp3) is 0.385. The Morgan fingerprint density at radius 1 is 1.29 bits per heavy atom. The first-order chi connectivity index (χ1) is 8.15. The molecule has 1 rings (SSSR count). The number of hydrogen-bond donors (Lipinski definition) is 1. The normalized spacial score (nSPS) is 11.6. The number of esters is 1. The summed E-state index contributed by atoms with van der Waals surface area (Å²) in [5, 5.41) is 2.59. The maximum Gasteiger partial charge on any atom is 0.328 e. The van der Waals surface area contributed by atoms with Crippen LogP contribution in [0.3, 0.4) is 0 Å². The molecule has 1 atom stereocenters. The third kappa shape index (κ3) is 4.26. The Morgan fingerprint density at radius 3 is 2.53 bits per heavy atom. The van der Waals surface area contributed by atoms with Crippen LogP contribution in [-0.4, -0.2) is 24.5 Å². The molecule has 1 aromatic rings. The smallest absolute Gasteiger partial charge is 0.328 e. The van der Waals surface area contributed by atoms with Gasteiger partial charge in [-0.2, -0.15) is 0 Å². The second kappa shape index (κ2) is 6.68. The first kappa shape index (κ1) is 13.2. The molecule has 0 radical (unpaired) electrons. The molecule has 0 bridgehead atoms. The minimum Gasteiger partial charge on any atom is -0.464 e. The summed E-state index contributed by atoms with van der Waals surface area (Å²) < 4.78 is 4.94. The van der Waals surface area contributed by atoms with Gasteiger partial charge in [0.15, 0.2) is 0 Å². The largest absolute Gasteiger partial charge is 0.464 e. The summed E-state index contributed by atoms with van der Waals surface area (Å²) in [5.41, 5.74) is 0.530. The monoisotopic (exact) mass is 235 g/mol. The maximum absolute atomic E-state index is 11.7. The number of carbonyl (C=O) groups is 2. The highest BCUT2D eigenvalue weighted by atomic mass is 16.5. The minimum absolute atomic E-state index is 0.272. The molecule has 0 aliphatic carbocycles. The van der Waals surface area contributed by atoms with Gasteiger partial charge in [0.05, 0.1) is 6.61 Å². The molecule has 0 spiro atoms. The number of ether oxygens (including phenoxy) is 1. The van der Waals surface area contributed by atoms with E-state index in [-0.39, 0.29) is 5.91 Å². The Kier molecular flexibility index (Phi) is 5.20. The lowest BCUT2D eigenvalue weighted by Crippen LogP contribution is -2.39. The lowest BCUT2D eigenvalue weighted by atomic mass is 10.2. The molecule has 0 saturated heterocycles. The van der Waals surface area contributed by atoms with Crippen molar-refractivity contribution in [2.24, 2.45) is 0 Å². The predicted molar refractivity (Wildman–Crippen MR) is 64.6 cm³/mol. The van der Waals surface area contributed by atoms with Gasteiger partial charge in [0.25, 0.3) is 5.91 Å². The standard InChI is InChI=1S/C13H17NO3/c1-3-9-17-13(16)10(2)14-12(15)11-7-5-4-6-8-11/h4-8,10H,3,9H2,1-2H3,(H,14,15)/t10-/m0/s1. The zero-order valence-corrected chi connectivity index (χ0v) is 10.1. The quantitative estimate of drug-likeness (QED) is 0.791.